The van der Waals surface area contributed by atoms with Crippen LogP contribution in [0.2, 0.25) is 0 Å². The number of hydrogen-bond acceptors (Lipinski definition) is 4. The summed E-state index contributed by atoms with van der Waals surface area (Å²) >= 11 is 0. The summed E-state index contributed by atoms with van der Waals surface area (Å²) in [5.41, 5.74) is 6.06. The van der Waals surface area contributed by atoms with Crippen LogP contribution in [0.5, 0.6) is 0 Å². The second kappa shape index (κ2) is 13.1. The monoisotopic (exact) mass is 628 g/mol. The van der Waals surface area contributed by atoms with Crippen LogP contribution in [-0.2, 0) is 15.6 Å². The first-order chi connectivity index (χ1) is 22.4. The Morgan fingerprint density at radius 1 is 0.979 bits per heavy atom. The third-order valence-corrected chi connectivity index (χ3v) is 10.1. The minimum absolute atomic E-state index is 0.0939. The lowest BCUT2D eigenvalue weighted by Crippen LogP contribution is -2.32. The van der Waals surface area contributed by atoms with Gasteiger partial charge in [-0.15, -0.1) is 0 Å². The number of nitrogens with zero attached hydrogens (tertiary/aromatic N) is 4. The number of allylic oxidation sites excluding steroid dienone is 7. The van der Waals surface area contributed by atoms with Crippen LogP contribution >= 0.6 is 0 Å². The molecule has 2 aromatic rings. The van der Waals surface area contributed by atoms with Gasteiger partial charge in [0.1, 0.15) is 12.6 Å². The summed E-state index contributed by atoms with van der Waals surface area (Å²) < 4.78 is 2.20. The fourth-order valence-corrected chi connectivity index (χ4v) is 7.41. The molecule has 0 saturated carbocycles. The van der Waals surface area contributed by atoms with E-state index in [0.717, 1.165) is 53.2 Å². The lowest BCUT2D eigenvalue weighted by atomic mass is 9.73. The minimum atomic E-state index is -0.990. The number of aromatic carboxylic acids is 1. The summed E-state index contributed by atoms with van der Waals surface area (Å²) in [6.45, 7) is 14.0. The molecule has 242 valence electrons. The molecule has 47 heavy (non-hydrogen) atoms. The average molecular weight is 629 g/mol. The van der Waals surface area contributed by atoms with E-state index < -0.39 is 11.4 Å². The third-order valence-electron chi connectivity index (χ3n) is 10.1. The first kappa shape index (κ1) is 33.6. The van der Waals surface area contributed by atoms with Crippen LogP contribution in [0.1, 0.15) is 102 Å². The molecule has 1 N–H and O–H groups in total. The smallest absolute Gasteiger partial charge is 0.335 e. The highest BCUT2D eigenvalue weighted by Gasteiger charge is 2.47. The van der Waals surface area contributed by atoms with Crippen LogP contribution in [0.4, 0.5) is 11.4 Å². The zero-order valence-electron chi connectivity index (χ0n) is 28.4. The molecule has 5 rings (SSSR count). The summed E-state index contributed by atoms with van der Waals surface area (Å²) in [5, 5.41) is 29.9. The molecule has 2 aliphatic heterocycles. The van der Waals surface area contributed by atoms with E-state index in [4.69, 9.17) is 0 Å². The normalized spacial score (nSPS) is 19.1. The van der Waals surface area contributed by atoms with E-state index in [1.165, 1.54) is 19.3 Å². The number of Topliss-reactive ketones (excluding diaryl/α,β-unsaturated/α-hetero) is 1. The highest BCUT2D eigenvalue weighted by molar-refractivity contribution is 6.27. The molecule has 2 heterocycles. The van der Waals surface area contributed by atoms with Crippen molar-refractivity contribution < 1.29 is 19.3 Å². The third kappa shape index (κ3) is 5.72. The van der Waals surface area contributed by atoms with Gasteiger partial charge in [-0.25, -0.2) is 10.7 Å². The molecule has 1 aliphatic carbocycles. The number of unbranched alkanes of at least 4 members (excludes halogenated alkanes) is 5. The lowest BCUT2D eigenvalue weighted by Gasteiger charge is -2.30. The average Bonchev–Trinajstić information content (AvgIpc) is 3.41. The van der Waals surface area contributed by atoms with Crippen molar-refractivity contribution in [2.24, 2.45) is 0 Å². The van der Waals surface area contributed by atoms with Crippen LogP contribution in [0.15, 0.2) is 82.6 Å². The lowest BCUT2D eigenvalue weighted by molar-refractivity contribution is -0.438. The molecule has 0 radical (unpaired) electrons. The summed E-state index contributed by atoms with van der Waals surface area (Å²) in [5.74, 6) is 0.853. The first-order valence-electron chi connectivity index (χ1n) is 16.7. The van der Waals surface area contributed by atoms with Crippen LogP contribution < -0.4 is 4.90 Å². The molecular weight excluding hydrogens is 584 g/mol. The van der Waals surface area contributed by atoms with Gasteiger partial charge in [-0.1, -0.05) is 64.7 Å². The molecule has 2 aromatic carbocycles. The quantitative estimate of drug-likeness (QED) is 0.0836. The topological polar surface area (TPSA) is 107 Å². The molecule has 0 spiro atoms. The van der Waals surface area contributed by atoms with E-state index >= 15 is 0 Å². The number of fused-ring (bicyclic) bond motifs is 2. The van der Waals surface area contributed by atoms with Crippen LogP contribution in [0.3, 0.4) is 0 Å². The fourth-order valence-electron chi connectivity index (χ4n) is 7.41. The maximum Gasteiger partial charge on any atom is 0.335 e. The molecule has 7 nitrogen and oxygen atoms in total. The van der Waals surface area contributed by atoms with E-state index in [1.807, 2.05) is 56.1 Å². The first-order valence-corrected chi connectivity index (χ1v) is 16.7. The number of carbonyl (C=O) groups excluding carboxylic acids is 1. The van der Waals surface area contributed by atoms with E-state index in [1.54, 1.807) is 12.1 Å². The number of para-hydroxylation sites is 1. The van der Waals surface area contributed by atoms with E-state index in [0.29, 0.717) is 29.8 Å². The van der Waals surface area contributed by atoms with Gasteiger partial charge in [0.25, 0.3) is 0 Å². The number of rotatable bonds is 12. The molecule has 0 atom stereocenters. The zero-order valence-corrected chi connectivity index (χ0v) is 28.4. The minimum Gasteiger partial charge on any atom is -0.762 e. The van der Waals surface area contributed by atoms with Crippen LogP contribution in [0, 0.1) is 11.3 Å². The predicted octanol–water partition coefficient (Wildman–Crippen LogP) is 8.32. The summed E-state index contributed by atoms with van der Waals surface area (Å²) in [7, 11) is 0. The number of carboxylic acids is 1. The van der Waals surface area contributed by atoms with Gasteiger partial charge in [0.15, 0.2) is 11.5 Å². The predicted molar refractivity (Wildman–Crippen MR) is 188 cm³/mol. The standard InChI is InChI=1S/C40H44N4O3/c1-7-9-10-11-12-15-20-44-33-19-18-26(38(46)47)21-31(33)40(5,6)35(44)23-29-36(27(24-41)25-42)28(37(29)45)22-34-39(3,4)30-16-13-14-17-32(30)43(34)8-2/h13-14,16-19,21-23H,7-12,15,20H2,1-6H3,(H,46,47). The SMILES string of the molecule is CCCCCCCC[N+]1=C(/C=C2\C(=O)C(/C=C3/N(CC)c4ccccc4C3(C)C)=C2C(=C=[N-])C#N)C(C)(C)c2cc(C(=O)O)ccc21. The molecule has 0 saturated heterocycles. The molecule has 7 heteroatoms. The van der Waals surface area contributed by atoms with Crippen molar-refractivity contribution in [1.82, 2.24) is 0 Å². The van der Waals surface area contributed by atoms with Crippen molar-refractivity contribution in [3.8, 4) is 6.07 Å². The van der Waals surface area contributed by atoms with Crippen molar-refractivity contribution >= 4 is 34.7 Å². The van der Waals surface area contributed by atoms with Crippen molar-refractivity contribution in [3.63, 3.8) is 0 Å². The Morgan fingerprint density at radius 3 is 2.34 bits per heavy atom. The highest BCUT2D eigenvalue weighted by atomic mass is 16.4. The second-order valence-electron chi connectivity index (χ2n) is 13.7. The number of anilines is 1. The van der Waals surface area contributed by atoms with E-state index in [9.17, 15) is 25.4 Å². The van der Waals surface area contributed by atoms with Gasteiger partial charge in [-0.3, -0.25) is 4.79 Å². The van der Waals surface area contributed by atoms with Gasteiger partial charge >= 0.3 is 5.97 Å². The van der Waals surface area contributed by atoms with Crippen molar-refractivity contribution in [2.45, 2.75) is 90.9 Å². The maximum atomic E-state index is 14.1. The number of nitriles is 1. The fraction of sp³-hybridized carbons (Fsp3) is 0.400. The number of ketones is 1. The molecule has 0 aromatic heterocycles. The number of hydrogen-bond donors (Lipinski definition) is 1. The van der Waals surface area contributed by atoms with Crippen molar-refractivity contribution in [2.75, 3.05) is 18.0 Å². The Morgan fingerprint density at radius 2 is 1.68 bits per heavy atom. The van der Waals surface area contributed by atoms with Gasteiger partial charge in [0, 0.05) is 64.2 Å². The van der Waals surface area contributed by atoms with Gasteiger partial charge < -0.3 is 15.4 Å². The molecule has 0 fully saturated rings. The molecule has 0 unspecified atom stereocenters. The van der Waals surface area contributed by atoms with Crippen molar-refractivity contribution in [1.29, 1.82) is 5.26 Å². The summed E-state index contributed by atoms with van der Waals surface area (Å²) in [6, 6.07) is 15.5. The number of carbonyl (C=O) groups is 2. The zero-order chi connectivity index (χ0) is 34.1. The van der Waals surface area contributed by atoms with Gasteiger partial charge in [0.05, 0.1) is 16.6 Å². The van der Waals surface area contributed by atoms with Crippen LogP contribution in [0.25, 0.3) is 5.41 Å². The summed E-state index contributed by atoms with van der Waals surface area (Å²) in [4.78, 5) is 28.2. The Hall–Kier alpha value is -4.79. The Kier molecular flexibility index (Phi) is 9.39. The van der Waals surface area contributed by atoms with Crippen LogP contribution in [-0.4, -0.2) is 46.1 Å². The largest absolute Gasteiger partial charge is 0.762 e. The van der Waals surface area contributed by atoms with Crippen molar-refractivity contribution in [3.05, 3.63) is 105 Å². The van der Waals surface area contributed by atoms with Gasteiger partial charge in [-0.2, -0.15) is 9.84 Å². The second-order valence-corrected chi connectivity index (χ2v) is 13.7. The summed E-state index contributed by atoms with van der Waals surface area (Å²) in [6.07, 6.45) is 10.5. The van der Waals surface area contributed by atoms with E-state index in [2.05, 4.69) is 49.3 Å². The number of benzene rings is 2. The van der Waals surface area contributed by atoms with Gasteiger partial charge in [0.2, 0.25) is 5.69 Å². The number of carboxylic acid groups (broad SMARTS) is 1. The highest BCUT2D eigenvalue weighted by Crippen LogP contribution is 2.49. The molecule has 0 amide bonds. The number of likely N-dealkylation sites (N-methyl/N-ethyl adjacent to an activating group) is 1. The Labute approximate surface area is 278 Å². The Bertz CT molecular complexity index is 1870. The maximum absolute atomic E-state index is 14.1. The molecular formula is C40H44N4O3. The molecule has 0 bridgehead atoms. The Balaban J connectivity index is 1.64. The van der Waals surface area contributed by atoms with E-state index in [-0.39, 0.29) is 22.3 Å². The van der Waals surface area contributed by atoms with Gasteiger partial charge in [-0.05, 0) is 57.0 Å². The molecule has 3 aliphatic rings.